The van der Waals surface area contributed by atoms with Crippen molar-refractivity contribution in [2.75, 3.05) is 0 Å². The summed E-state index contributed by atoms with van der Waals surface area (Å²) in [6, 6.07) is -0.200. The third-order valence-electron chi connectivity index (χ3n) is 3.10. The standard InChI is InChI=1S/C13H17N5O2/c1-7-10(8(2)18-13(20)17-7)6-11(19)16-9(3)12-14-4-5-15-12/h4-5,9H,6H2,1-3H3,(H,14,15)(H,16,19)(H,17,18,20). The van der Waals surface area contributed by atoms with E-state index in [-0.39, 0.29) is 18.4 Å². The molecule has 0 bridgehead atoms. The molecular weight excluding hydrogens is 258 g/mol. The van der Waals surface area contributed by atoms with Crippen LogP contribution in [0.4, 0.5) is 0 Å². The Kier molecular flexibility index (Phi) is 3.97. The summed E-state index contributed by atoms with van der Waals surface area (Å²) < 4.78 is 0. The van der Waals surface area contributed by atoms with Crippen LogP contribution in [0.2, 0.25) is 0 Å². The van der Waals surface area contributed by atoms with Gasteiger partial charge in [-0.25, -0.2) is 9.78 Å². The fraction of sp³-hybridized carbons (Fsp3) is 0.385. The molecule has 0 aliphatic carbocycles. The Bertz CT molecular complexity index is 634. The average Bonchev–Trinajstić information content (AvgIpc) is 2.87. The maximum Gasteiger partial charge on any atom is 0.345 e. The minimum absolute atomic E-state index is 0.144. The molecule has 0 radical (unpaired) electrons. The smallest absolute Gasteiger partial charge is 0.345 e. The third-order valence-corrected chi connectivity index (χ3v) is 3.10. The summed E-state index contributed by atoms with van der Waals surface area (Å²) in [7, 11) is 0. The highest BCUT2D eigenvalue weighted by molar-refractivity contribution is 5.79. The normalized spacial score (nSPS) is 12.2. The number of aromatic nitrogens is 4. The van der Waals surface area contributed by atoms with Gasteiger partial charge in [-0.3, -0.25) is 4.79 Å². The Balaban J connectivity index is 2.07. The molecular formula is C13H17N5O2. The molecule has 106 valence electrons. The molecule has 0 spiro atoms. The molecule has 0 aliphatic heterocycles. The van der Waals surface area contributed by atoms with Crippen LogP contribution in [0.3, 0.4) is 0 Å². The molecule has 0 aliphatic rings. The van der Waals surface area contributed by atoms with Crippen molar-refractivity contribution >= 4 is 5.91 Å². The highest BCUT2D eigenvalue weighted by atomic mass is 16.2. The maximum absolute atomic E-state index is 12.0. The van der Waals surface area contributed by atoms with Crippen LogP contribution < -0.4 is 11.0 Å². The van der Waals surface area contributed by atoms with E-state index in [1.54, 1.807) is 26.2 Å². The van der Waals surface area contributed by atoms with E-state index < -0.39 is 5.69 Å². The van der Waals surface area contributed by atoms with E-state index in [2.05, 4.69) is 25.3 Å². The van der Waals surface area contributed by atoms with Crippen molar-refractivity contribution < 1.29 is 4.79 Å². The molecule has 7 heteroatoms. The first-order valence-electron chi connectivity index (χ1n) is 6.32. The zero-order valence-corrected chi connectivity index (χ0v) is 11.7. The largest absolute Gasteiger partial charge is 0.347 e. The van der Waals surface area contributed by atoms with Crippen LogP contribution in [0.1, 0.15) is 35.7 Å². The zero-order valence-electron chi connectivity index (χ0n) is 11.7. The number of carbonyl (C=O) groups is 1. The van der Waals surface area contributed by atoms with Gasteiger partial charge in [0.05, 0.1) is 12.5 Å². The fourth-order valence-corrected chi connectivity index (χ4v) is 2.05. The Morgan fingerprint density at radius 3 is 2.80 bits per heavy atom. The van der Waals surface area contributed by atoms with Crippen molar-refractivity contribution in [1.82, 2.24) is 25.3 Å². The molecule has 2 rings (SSSR count). The van der Waals surface area contributed by atoms with Crippen LogP contribution >= 0.6 is 0 Å². The van der Waals surface area contributed by atoms with Crippen molar-refractivity contribution in [3.63, 3.8) is 0 Å². The first kappa shape index (κ1) is 14.0. The van der Waals surface area contributed by atoms with Crippen LogP contribution in [0.25, 0.3) is 0 Å². The van der Waals surface area contributed by atoms with Gasteiger partial charge in [-0.2, -0.15) is 4.98 Å². The molecule has 2 aromatic rings. The predicted octanol–water partition coefficient (Wildman–Crippen LogP) is 0.530. The number of nitrogens with one attached hydrogen (secondary N) is 3. The summed E-state index contributed by atoms with van der Waals surface area (Å²) in [5.74, 6) is 0.556. The fourth-order valence-electron chi connectivity index (χ4n) is 2.05. The second kappa shape index (κ2) is 5.68. The predicted molar refractivity (Wildman–Crippen MR) is 73.2 cm³/mol. The Labute approximate surface area is 115 Å². The molecule has 0 aromatic carbocycles. The van der Waals surface area contributed by atoms with E-state index >= 15 is 0 Å². The van der Waals surface area contributed by atoms with Gasteiger partial charge >= 0.3 is 5.69 Å². The first-order chi connectivity index (χ1) is 9.47. The quantitative estimate of drug-likeness (QED) is 0.757. The van der Waals surface area contributed by atoms with Crippen molar-refractivity contribution in [2.45, 2.75) is 33.2 Å². The first-order valence-corrected chi connectivity index (χ1v) is 6.32. The van der Waals surface area contributed by atoms with Crippen LogP contribution in [0.5, 0.6) is 0 Å². The van der Waals surface area contributed by atoms with Gasteiger partial charge in [-0.15, -0.1) is 0 Å². The van der Waals surface area contributed by atoms with Crippen molar-refractivity contribution in [1.29, 1.82) is 0 Å². The maximum atomic E-state index is 12.0. The lowest BCUT2D eigenvalue weighted by Gasteiger charge is -2.13. The van der Waals surface area contributed by atoms with E-state index in [1.165, 1.54) is 0 Å². The second-order valence-electron chi connectivity index (χ2n) is 4.67. The summed E-state index contributed by atoms with van der Waals surface area (Å²) in [6.07, 6.45) is 3.52. The van der Waals surface area contributed by atoms with Gasteiger partial charge in [0, 0.05) is 29.3 Å². The minimum Gasteiger partial charge on any atom is -0.347 e. The Hall–Kier alpha value is -2.44. The number of aryl methyl sites for hydroxylation is 2. The van der Waals surface area contributed by atoms with E-state index in [0.29, 0.717) is 17.2 Å². The summed E-state index contributed by atoms with van der Waals surface area (Å²) in [4.78, 5) is 36.7. The number of hydrogen-bond donors (Lipinski definition) is 3. The zero-order chi connectivity index (χ0) is 14.7. The van der Waals surface area contributed by atoms with Crippen LogP contribution in [-0.4, -0.2) is 25.8 Å². The molecule has 7 nitrogen and oxygen atoms in total. The summed E-state index contributed by atoms with van der Waals surface area (Å²) in [5, 5.41) is 2.85. The highest BCUT2D eigenvalue weighted by Gasteiger charge is 2.15. The third kappa shape index (κ3) is 3.11. The molecule has 1 unspecified atom stereocenters. The van der Waals surface area contributed by atoms with Crippen LogP contribution in [-0.2, 0) is 11.2 Å². The van der Waals surface area contributed by atoms with Gasteiger partial charge in [0.25, 0.3) is 0 Å². The molecule has 0 saturated heterocycles. The highest BCUT2D eigenvalue weighted by Crippen LogP contribution is 2.10. The molecule has 1 atom stereocenters. The monoisotopic (exact) mass is 275 g/mol. The summed E-state index contributed by atoms with van der Waals surface area (Å²) in [5.41, 5.74) is 1.59. The second-order valence-corrected chi connectivity index (χ2v) is 4.67. The van der Waals surface area contributed by atoms with E-state index in [0.717, 1.165) is 5.56 Å². The summed E-state index contributed by atoms with van der Waals surface area (Å²) >= 11 is 0. The minimum atomic E-state index is -0.395. The van der Waals surface area contributed by atoms with Crippen molar-refractivity contribution in [3.05, 3.63) is 45.7 Å². The molecule has 2 aromatic heterocycles. The number of H-pyrrole nitrogens is 2. The van der Waals surface area contributed by atoms with Crippen LogP contribution in [0.15, 0.2) is 17.2 Å². The van der Waals surface area contributed by atoms with E-state index in [1.807, 2.05) is 6.92 Å². The lowest BCUT2D eigenvalue weighted by molar-refractivity contribution is -0.121. The van der Waals surface area contributed by atoms with Gasteiger partial charge in [0.15, 0.2) is 0 Å². The average molecular weight is 275 g/mol. The Morgan fingerprint density at radius 1 is 1.45 bits per heavy atom. The molecule has 3 N–H and O–H groups in total. The topological polar surface area (TPSA) is 104 Å². The van der Waals surface area contributed by atoms with E-state index in [4.69, 9.17) is 0 Å². The summed E-state index contributed by atoms with van der Waals surface area (Å²) in [6.45, 7) is 5.33. The lowest BCUT2D eigenvalue weighted by Crippen LogP contribution is -2.30. The lowest BCUT2D eigenvalue weighted by atomic mass is 10.1. The van der Waals surface area contributed by atoms with Gasteiger partial charge in [-0.1, -0.05) is 0 Å². The number of rotatable bonds is 4. The molecule has 20 heavy (non-hydrogen) atoms. The molecule has 0 fully saturated rings. The van der Waals surface area contributed by atoms with Crippen molar-refractivity contribution in [2.24, 2.45) is 0 Å². The number of amides is 1. The SMILES string of the molecule is Cc1nc(=O)[nH]c(C)c1CC(=O)NC(C)c1ncc[nH]1. The molecule has 1 amide bonds. The number of imidazole rings is 1. The van der Waals surface area contributed by atoms with Gasteiger partial charge in [-0.05, 0) is 20.8 Å². The molecule has 0 saturated carbocycles. The van der Waals surface area contributed by atoms with Crippen molar-refractivity contribution in [3.8, 4) is 0 Å². The number of aromatic amines is 2. The number of hydrogen-bond acceptors (Lipinski definition) is 4. The molecule has 2 heterocycles. The van der Waals surface area contributed by atoms with Gasteiger partial charge < -0.3 is 15.3 Å². The Morgan fingerprint density at radius 2 is 2.20 bits per heavy atom. The van der Waals surface area contributed by atoms with Gasteiger partial charge in [0.2, 0.25) is 5.91 Å². The van der Waals surface area contributed by atoms with Crippen LogP contribution in [0, 0.1) is 13.8 Å². The van der Waals surface area contributed by atoms with E-state index in [9.17, 15) is 9.59 Å². The van der Waals surface area contributed by atoms with Gasteiger partial charge in [0.1, 0.15) is 5.82 Å². The number of carbonyl (C=O) groups excluding carboxylic acids is 1. The number of nitrogens with zero attached hydrogens (tertiary/aromatic N) is 2.